The third-order valence-electron chi connectivity index (χ3n) is 5.44. The van der Waals surface area contributed by atoms with Crippen molar-refractivity contribution < 1.29 is 14.3 Å². The first-order valence-corrected chi connectivity index (χ1v) is 10.1. The number of carbonyl (C=O) groups excluding carboxylic acids is 1. The Kier molecular flexibility index (Phi) is 5.85. The van der Waals surface area contributed by atoms with Gasteiger partial charge in [0, 0.05) is 5.56 Å². The summed E-state index contributed by atoms with van der Waals surface area (Å²) in [6.45, 7) is 1.86. The summed E-state index contributed by atoms with van der Waals surface area (Å²) in [6.07, 6.45) is 6.15. The number of rotatable bonds is 5. The Morgan fingerprint density at radius 2 is 1.26 bits per heavy atom. The first-order chi connectivity index (χ1) is 15.1. The average Bonchev–Trinajstić information content (AvgIpc) is 2.83. The van der Waals surface area contributed by atoms with Crippen molar-refractivity contribution in [2.45, 2.75) is 6.92 Å². The molecule has 3 aromatic carbocycles. The van der Waals surface area contributed by atoms with Gasteiger partial charge >= 0.3 is 0 Å². The molecule has 1 aliphatic rings. The quantitative estimate of drug-likeness (QED) is 0.493. The van der Waals surface area contributed by atoms with E-state index in [-0.39, 0.29) is 5.78 Å². The Labute approximate surface area is 183 Å². The van der Waals surface area contributed by atoms with Crippen LogP contribution in [-0.2, 0) is 0 Å². The number of hydrogen-bond acceptors (Lipinski definition) is 3. The summed E-state index contributed by atoms with van der Waals surface area (Å²) in [7, 11) is 3.33. The topological polar surface area (TPSA) is 35.5 Å². The predicted octanol–water partition coefficient (Wildman–Crippen LogP) is 6.36. The number of ether oxygens (including phenoxy) is 2. The number of hydrogen-bond donors (Lipinski definition) is 0. The van der Waals surface area contributed by atoms with Gasteiger partial charge in [-0.3, -0.25) is 4.79 Å². The Hall–Kier alpha value is -3.85. The maximum atomic E-state index is 12.5. The number of carbonyl (C=O) groups is 1. The minimum atomic E-state index is 0.0854. The summed E-state index contributed by atoms with van der Waals surface area (Å²) in [5, 5.41) is 0. The van der Waals surface area contributed by atoms with Gasteiger partial charge in [-0.15, -0.1) is 0 Å². The fraction of sp³-hybridized carbons (Fsp3) is 0.107. The van der Waals surface area contributed by atoms with Crippen molar-refractivity contribution in [1.82, 2.24) is 0 Å². The van der Waals surface area contributed by atoms with Gasteiger partial charge in [0.2, 0.25) is 0 Å². The molecule has 0 heterocycles. The lowest BCUT2D eigenvalue weighted by atomic mass is 9.87. The van der Waals surface area contributed by atoms with E-state index in [1.807, 2.05) is 85.8 Å². The molecule has 1 aliphatic carbocycles. The molecule has 0 N–H and O–H groups in total. The van der Waals surface area contributed by atoms with Crippen LogP contribution >= 0.6 is 0 Å². The van der Waals surface area contributed by atoms with Gasteiger partial charge in [0.05, 0.1) is 14.2 Å². The van der Waals surface area contributed by atoms with E-state index in [2.05, 4.69) is 12.2 Å². The Bertz CT molecular complexity index is 1140. The molecular weight excluding hydrogens is 384 g/mol. The molecule has 0 spiro atoms. The normalized spacial score (nSPS) is 14.0. The second-order valence-corrected chi connectivity index (χ2v) is 7.36. The van der Waals surface area contributed by atoms with Gasteiger partial charge in [0.25, 0.3) is 0 Å². The van der Waals surface area contributed by atoms with Crippen LogP contribution in [-0.4, -0.2) is 20.0 Å². The van der Waals surface area contributed by atoms with E-state index in [1.165, 1.54) is 0 Å². The van der Waals surface area contributed by atoms with Crippen LogP contribution < -0.4 is 9.47 Å². The standard InChI is InChI=1S/C28H24O3/c1-19-18-22(26-6-4-5-7-27(26)28(19)29)12-17-25(20-8-13-23(30-2)14-9-20)21-10-15-24(31-3)16-11-21/h4-18H,1-3H3/b22-12+. The molecule has 3 heteroatoms. The molecule has 0 bridgehead atoms. The average molecular weight is 408 g/mol. The van der Waals surface area contributed by atoms with Crippen molar-refractivity contribution >= 4 is 16.9 Å². The molecule has 31 heavy (non-hydrogen) atoms. The largest absolute Gasteiger partial charge is 0.497 e. The summed E-state index contributed by atoms with van der Waals surface area (Å²) < 4.78 is 10.6. The van der Waals surface area contributed by atoms with Gasteiger partial charge in [-0.25, -0.2) is 0 Å². The molecule has 0 aromatic heterocycles. The van der Waals surface area contributed by atoms with Crippen LogP contribution in [0.5, 0.6) is 11.5 Å². The molecule has 0 fully saturated rings. The Morgan fingerprint density at radius 1 is 0.742 bits per heavy atom. The number of benzene rings is 3. The highest BCUT2D eigenvalue weighted by Gasteiger charge is 2.19. The van der Waals surface area contributed by atoms with E-state index in [0.717, 1.165) is 50.5 Å². The minimum Gasteiger partial charge on any atom is -0.497 e. The molecule has 0 unspecified atom stereocenters. The number of allylic oxidation sites excluding steroid dienone is 5. The molecule has 0 atom stereocenters. The highest BCUT2D eigenvalue weighted by atomic mass is 16.5. The fourth-order valence-electron chi connectivity index (χ4n) is 3.73. The van der Waals surface area contributed by atoms with Gasteiger partial charge in [-0.1, -0.05) is 60.7 Å². The van der Waals surface area contributed by atoms with E-state index in [9.17, 15) is 4.79 Å². The van der Waals surface area contributed by atoms with E-state index in [0.29, 0.717) is 0 Å². The molecule has 0 amide bonds. The maximum Gasteiger partial charge on any atom is 0.189 e. The van der Waals surface area contributed by atoms with Crippen LogP contribution in [0.25, 0.3) is 11.1 Å². The summed E-state index contributed by atoms with van der Waals surface area (Å²) in [5.74, 6) is 1.71. The van der Waals surface area contributed by atoms with Crippen molar-refractivity contribution in [3.05, 3.63) is 119 Å². The van der Waals surface area contributed by atoms with E-state index in [4.69, 9.17) is 9.47 Å². The van der Waals surface area contributed by atoms with E-state index < -0.39 is 0 Å². The molecule has 0 saturated carbocycles. The van der Waals surface area contributed by atoms with Crippen molar-refractivity contribution in [1.29, 1.82) is 0 Å². The lowest BCUT2D eigenvalue weighted by Gasteiger charge is -2.16. The number of methoxy groups -OCH3 is 2. The summed E-state index contributed by atoms with van der Waals surface area (Å²) in [4.78, 5) is 12.5. The highest BCUT2D eigenvalue weighted by molar-refractivity contribution is 6.15. The zero-order valence-corrected chi connectivity index (χ0v) is 17.9. The fourth-order valence-corrected chi connectivity index (χ4v) is 3.73. The van der Waals surface area contributed by atoms with Crippen LogP contribution in [0, 0.1) is 0 Å². The van der Waals surface area contributed by atoms with Gasteiger partial charge in [0.1, 0.15) is 11.5 Å². The first kappa shape index (κ1) is 20.4. The third kappa shape index (κ3) is 4.22. The molecule has 0 aliphatic heterocycles. The lowest BCUT2D eigenvalue weighted by molar-refractivity contribution is 0.103. The van der Waals surface area contributed by atoms with Crippen LogP contribution in [0.4, 0.5) is 0 Å². The van der Waals surface area contributed by atoms with E-state index >= 15 is 0 Å². The van der Waals surface area contributed by atoms with Crippen LogP contribution in [0.2, 0.25) is 0 Å². The van der Waals surface area contributed by atoms with Crippen molar-refractivity contribution in [3.63, 3.8) is 0 Å². The molecule has 3 aromatic rings. The first-order valence-electron chi connectivity index (χ1n) is 10.1. The zero-order valence-electron chi connectivity index (χ0n) is 17.9. The van der Waals surface area contributed by atoms with E-state index in [1.54, 1.807) is 14.2 Å². The van der Waals surface area contributed by atoms with Crippen molar-refractivity contribution in [3.8, 4) is 11.5 Å². The number of fused-ring (bicyclic) bond motifs is 1. The molecule has 4 rings (SSSR count). The lowest BCUT2D eigenvalue weighted by Crippen LogP contribution is -2.09. The van der Waals surface area contributed by atoms with Crippen LogP contribution in [0.3, 0.4) is 0 Å². The maximum absolute atomic E-state index is 12.5. The predicted molar refractivity (Wildman–Crippen MR) is 126 cm³/mol. The summed E-state index contributed by atoms with van der Waals surface area (Å²) in [5.41, 5.74) is 6.68. The second kappa shape index (κ2) is 8.88. The molecule has 3 nitrogen and oxygen atoms in total. The molecule has 154 valence electrons. The SMILES string of the molecule is COc1ccc(C(=C/C=C2\C=C(C)C(=O)c3ccccc32)c2ccc(OC)cc2)cc1. The van der Waals surface area contributed by atoms with Gasteiger partial charge in [-0.2, -0.15) is 0 Å². The minimum absolute atomic E-state index is 0.0854. The third-order valence-corrected chi connectivity index (χ3v) is 5.44. The molecule has 0 saturated heterocycles. The van der Waals surface area contributed by atoms with Crippen LogP contribution in [0.15, 0.2) is 96.6 Å². The Morgan fingerprint density at radius 3 is 1.77 bits per heavy atom. The molecule has 0 radical (unpaired) electrons. The zero-order chi connectivity index (χ0) is 21.8. The number of Topliss-reactive ketones (excluding diaryl/α,β-unsaturated/α-hetero) is 1. The van der Waals surface area contributed by atoms with Crippen molar-refractivity contribution in [2.24, 2.45) is 0 Å². The van der Waals surface area contributed by atoms with Gasteiger partial charge in [0.15, 0.2) is 5.78 Å². The van der Waals surface area contributed by atoms with Gasteiger partial charge in [-0.05, 0) is 70.7 Å². The summed E-state index contributed by atoms with van der Waals surface area (Å²) in [6, 6.07) is 23.8. The van der Waals surface area contributed by atoms with Crippen LogP contribution in [0.1, 0.15) is 34.0 Å². The second-order valence-electron chi connectivity index (χ2n) is 7.36. The summed E-state index contributed by atoms with van der Waals surface area (Å²) >= 11 is 0. The monoisotopic (exact) mass is 408 g/mol. The Balaban J connectivity index is 1.83. The smallest absolute Gasteiger partial charge is 0.189 e. The molecular formula is C28H24O3. The highest BCUT2D eigenvalue weighted by Crippen LogP contribution is 2.31. The van der Waals surface area contributed by atoms with Crippen molar-refractivity contribution in [2.75, 3.05) is 14.2 Å². The van der Waals surface area contributed by atoms with Gasteiger partial charge < -0.3 is 9.47 Å². The number of ketones is 1.